The number of ether oxygens (including phenoxy) is 2. The highest BCUT2D eigenvalue weighted by Gasteiger charge is 2.41. The summed E-state index contributed by atoms with van der Waals surface area (Å²) in [4.78, 5) is 0. The van der Waals surface area contributed by atoms with E-state index >= 15 is 0 Å². The Morgan fingerprint density at radius 2 is 1.06 bits per heavy atom. The van der Waals surface area contributed by atoms with E-state index < -0.39 is 0 Å². The summed E-state index contributed by atoms with van der Waals surface area (Å²) in [7, 11) is 0. The maximum absolute atomic E-state index is 6.66. The molecular formula is C44H29BO2. The monoisotopic (exact) mass is 600 g/mol. The van der Waals surface area contributed by atoms with E-state index in [0.717, 1.165) is 52.4 Å². The molecule has 0 bridgehead atoms. The number of hydrogen-bond donors (Lipinski definition) is 0. The summed E-state index contributed by atoms with van der Waals surface area (Å²) in [6, 6.07) is 50.2. The van der Waals surface area contributed by atoms with Gasteiger partial charge in [0.25, 0.3) is 6.71 Å². The number of fused-ring (bicyclic) bond motifs is 5. The third-order valence-electron chi connectivity index (χ3n) is 10.1. The summed E-state index contributed by atoms with van der Waals surface area (Å²) in [5.74, 6) is 3.69. The zero-order valence-electron chi connectivity index (χ0n) is 25.7. The first-order valence-corrected chi connectivity index (χ1v) is 16.4. The van der Waals surface area contributed by atoms with Gasteiger partial charge >= 0.3 is 0 Å². The summed E-state index contributed by atoms with van der Waals surface area (Å²) < 4.78 is 13.3. The maximum Gasteiger partial charge on any atom is 0.256 e. The van der Waals surface area contributed by atoms with Gasteiger partial charge in [-0.3, -0.25) is 0 Å². The number of rotatable bonds is 3. The van der Waals surface area contributed by atoms with Crippen molar-refractivity contribution in [2.45, 2.75) is 12.8 Å². The first-order valence-electron chi connectivity index (χ1n) is 16.4. The molecule has 2 aliphatic heterocycles. The molecule has 7 aromatic rings. The second kappa shape index (κ2) is 10.4. The van der Waals surface area contributed by atoms with E-state index in [9.17, 15) is 0 Å². The van der Waals surface area contributed by atoms with Gasteiger partial charge in [0.2, 0.25) is 0 Å². The van der Waals surface area contributed by atoms with Crippen LogP contribution >= 0.6 is 0 Å². The molecule has 0 saturated carbocycles. The smallest absolute Gasteiger partial charge is 0.256 e. The summed E-state index contributed by atoms with van der Waals surface area (Å²) >= 11 is 0. The molecule has 1 aliphatic carbocycles. The number of para-hydroxylation sites is 1. The predicted molar refractivity (Wildman–Crippen MR) is 195 cm³/mol. The van der Waals surface area contributed by atoms with Crippen LogP contribution in [0.4, 0.5) is 0 Å². The van der Waals surface area contributed by atoms with Crippen LogP contribution in [0.3, 0.4) is 0 Å². The molecule has 2 nitrogen and oxygen atoms in total. The van der Waals surface area contributed by atoms with Gasteiger partial charge < -0.3 is 9.47 Å². The fraction of sp³-hybridized carbons (Fsp3) is 0.0455. The Morgan fingerprint density at radius 3 is 1.81 bits per heavy atom. The van der Waals surface area contributed by atoms with E-state index in [1.54, 1.807) is 0 Å². The zero-order chi connectivity index (χ0) is 30.9. The second-order valence-electron chi connectivity index (χ2n) is 12.7. The van der Waals surface area contributed by atoms with Crippen molar-refractivity contribution in [1.29, 1.82) is 0 Å². The Bertz CT molecular complexity index is 2420. The molecule has 3 aliphatic rings. The molecule has 2 heterocycles. The Kier molecular flexibility index (Phi) is 5.83. The Balaban J connectivity index is 1.17. The fourth-order valence-corrected chi connectivity index (χ4v) is 8.04. The van der Waals surface area contributed by atoms with Crippen molar-refractivity contribution < 1.29 is 9.47 Å². The molecule has 10 rings (SSSR count). The van der Waals surface area contributed by atoms with Gasteiger partial charge in [-0.15, -0.1) is 0 Å². The van der Waals surface area contributed by atoms with Crippen LogP contribution < -0.4 is 20.4 Å². The third-order valence-corrected chi connectivity index (χ3v) is 10.1. The van der Waals surface area contributed by atoms with Crippen molar-refractivity contribution >= 4 is 39.2 Å². The average Bonchev–Trinajstić information content (AvgIpc) is 3.14. The van der Waals surface area contributed by atoms with Crippen LogP contribution in [0.1, 0.15) is 12.8 Å². The summed E-state index contributed by atoms with van der Waals surface area (Å²) in [6.45, 7) is 0.153. The van der Waals surface area contributed by atoms with E-state index in [1.807, 2.05) is 0 Å². The molecule has 0 spiro atoms. The molecule has 0 amide bonds. The highest BCUT2D eigenvalue weighted by atomic mass is 16.5. The van der Waals surface area contributed by atoms with E-state index in [2.05, 4.69) is 152 Å². The normalized spacial score (nSPS) is 14.3. The molecule has 47 heavy (non-hydrogen) atoms. The van der Waals surface area contributed by atoms with Crippen LogP contribution in [0.25, 0.3) is 54.9 Å². The Hall–Kier alpha value is -5.80. The van der Waals surface area contributed by atoms with Crippen molar-refractivity contribution in [2.24, 2.45) is 0 Å². The molecule has 0 unspecified atom stereocenters. The topological polar surface area (TPSA) is 18.5 Å². The minimum atomic E-state index is 0.153. The largest absolute Gasteiger partial charge is 0.459 e. The van der Waals surface area contributed by atoms with Crippen molar-refractivity contribution in [3.63, 3.8) is 0 Å². The van der Waals surface area contributed by atoms with Crippen molar-refractivity contribution in [2.75, 3.05) is 0 Å². The average molecular weight is 601 g/mol. The van der Waals surface area contributed by atoms with Crippen LogP contribution in [0, 0.1) is 0 Å². The molecule has 220 valence electrons. The van der Waals surface area contributed by atoms with Gasteiger partial charge in [0.15, 0.2) is 0 Å². The highest BCUT2D eigenvalue weighted by Crippen LogP contribution is 2.45. The van der Waals surface area contributed by atoms with Gasteiger partial charge in [0.05, 0.1) is 0 Å². The molecule has 0 radical (unpaired) electrons. The zero-order valence-corrected chi connectivity index (χ0v) is 25.7. The first-order chi connectivity index (χ1) is 23.3. The molecule has 0 fully saturated rings. The number of allylic oxidation sites excluding steroid dienone is 3. The van der Waals surface area contributed by atoms with Crippen LogP contribution in [0.5, 0.6) is 17.2 Å². The van der Waals surface area contributed by atoms with Crippen LogP contribution in [-0.2, 0) is 0 Å². The molecular weight excluding hydrogens is 571 g/mol. The van der Waals surface area contributed by atoms with Gasteiger partial charge in [-0.2, -0.15) is 0 Å². The van der Waals surface area contributed by atoms with Crippen molar-refractivity contribution in [1.82, 2.24) is 0 Å². The lowest BCUT2D eigenvalue weighted by Gasteiger charge is -2.35. The van der Waals surface area contributed by atoms with Crippen LogP contribution in [-0.4, -0.2) is 6.71 Å². The van der Waals surface area contributed by atoms with Crippen LogP contribution in [0.15, 0.2) is 163 Å². The quantitative estimate of drug-likeness (QED) is 0.148. The molecule has 0 N–H and O–H groups in total. The maximum atomic E-state index is 6.66. The molecule has 0 saturated heterocycles. The highest BCUT2D eigenvalue weighted by molar-refractivity contribution is 6.93. The lowest BCUT2D eigenvalue weighted by molar-refractivity contribution is 0.428. The Morgan fingerprint density at radius 1 is 0.468 bits per heavy atom. The lowest BCUT2D eigenvalue weighted by atomic mass is 9.33. The summed E-state index contributed by atoms with van der Waals surface area (Å²) in [5.41, 5.74) is 10.9. The van der Waals surface area contributed by atoms with Crippen molar-refractivity contribution in [3.8, 4) is 50.6 Å². The minimum absolute atomic E-state index is 0.153. The molecule has 3 heteroatoms. The second-order valence-corrected chi connectivity index (χ2v) is 12.7. The molecule has 7 aromatic carbocycles. The standard InChI is InChI=1S/C44H29BO2/c1-2-13-28(14-3-1)42-32-17-4-6-19-34(32)43(35-20-7-5-18-33(35)42)30-16-12-15-29(25-30)31-26-40-44-41(27-31)47-39-24-11-9-22-37(39)45(44)36-21-8-10-23-38(36)46-40/h1-8,10-21,23-27H,9,22H2. The van der Waals surface area contributed by atoms with E-state index in [-0.39, 0.29) is 6.71 Å². The third kappa shape index (κ3) is 4.06. The van der Waals surface area contributed by atoms with E-state index in [1.165, 1.54) is 54.7 Å². The van der Waals surface area contributed by atoms with Gasteiger partial charge in [0, 0.05) is 5.46 Å². The fourth-order valence-electron chi connectivity index (χ4n) is 8.04. The van der Waals surface area contributed by atoms with Crippen molar-refractivity contribution in [3.05, 3.63) is 163 Å². The predicted octanol–water partition coefficient (Wildman–Crippen LogP) is 10.2. The molecule has 0 aromatic heterocycles. The van der Waals surface area contributed by atoms with E-state index in [0.29, 0.717) is 0 Å². The first kappa shape index (κ1) is 26.4. The van der Waals surface area contributed by atoms with Gasteiger partial charge in [-0.1, -0.05) is 121 Å². The summed E-state index contributed by atoms with van der Waals surface area (Å²) in [6.07, 6.45) is 6.41. The number of hydrogen-bond acceptors (Lipinski definition) is 2. The number of benzene rings is 7. The van der Waals surface area contributed by atoms with E-state index in [4.69, 9.17) is 9.47 Å². The van der Waals surface area contributed by atoms with Gasteiger partial charge in [-0.25, -0.2) is 0 Å². The lowest BCUT2D eigenvalue weighted by Crippen LogP contribution is -2.51. The minimum Gasteiger partial charge on any atom is -0.459 e. The van der Waals surface area contributed by atoms with Gasteiger partial charge in [-0.05, 0) is 109 Å². The van der Waals surface area contributed by atoms with Gasteiger partial charge in [0.1, 0.15) is 23.0 Å². The summed E-state index contributed by atoms with van der Waals surface area (Å²) in [5, 5.41) is 5.01. The Labute approximate surface area is 274 Å². The van der Waals surface area contributed by atoms with Crippen LogP contribution in [0.2, 0.25) is 0 Å². The molecule has 0 atom stereocenters. The SMILES string of the molecule is C1=CC2=C(CC1)B1c3ccccc3Oc3cc(-c4cccc(-c5c6ccccc6c(-c6ccccc6)c6ccccc56)c4)cc(c31)O2.